The average Bonchev–Trinajstić information content (AvgIpc) is 2.90. The Bertz CT molecular complexity index is 1060. The largest absolute Gasteiger partial charge is 0.325 e. The molecule has 0 radical (unpaired) electrons. The molecule has 0 fully saturated rings. The lowest BCUT2D eigenvalue weighted by atomic mass is 10.0. The van der Waals surface area contributed by atoms with Crippen LogP contribution in [0.5, 0.6) is 0 Å². The van der Waals surface area contributed by atoms with E-state index in [1.165, 1.54) is 115 Å². The van der Waals surface area contributed by atoms with E-state index in [1.54, 1.807) is 0 Å². The van der Waals surface area contributed by atoms with Crippen molar-refractivity contribution in [1.82, 2.24) is 0 Å². The smallest absolute Gasteiger partial charge is 0.296 e. The fraction of sp³-hybridized carbons (Fsp3) is 0.636. The van der Waals surface area contributed by atoms with Gasteiger partial charge in [-0.1, -0.05) is 162 Å². The molecule has 0 aliphatic rings. The molecule has 0 bridgehead atoms. The van der Waals surface area contributed by atoms with Crippen LogP contribution in [0.4, 0.5) is 0 Å². The van der Waals surface area contributed by atoms with Gasteiger partial charge in [-0.05, 0) is 25.0 Å². The number of hydrogen-bond donors (Lipinski definition) is 1. The van der Waals surface area contributed by atoms with Gasteiger partial charge in [0, 0.05) is 5.56 Å². The number of hydrogen-bond acceptors (Lipinski definition) is 2. The fourth-order valence-electron chi connectivity index (χ4n) is 4.95. The highest BCUT2D eigenvalue weighted by atomic mass is 35.5. The molecule has 0 heterocycles. The molecule has 0 saturated carbocycles. The summed E-state index contributed by atoms with van der Waals surface area (Å²) in [5.74, 6) is 0. The Labute approximate surface area is 266 Å². The van der Waals surface area contributed by atoms with E-state index in [1.807, 2.05) is 0 Å². The molecule has 0 saturated heterocycles. The first-order valence-corrected chi connectivity index (χ1v) is 18.0. The van der Waals surface area contributed by atoms with Crippen molar-refractivity contribution in [3.8, 4) is 0 Å². The van der Waals surface area contributed by atoms with Gasteiger partial charge in [0.25, 0.3) is 10.1 Å². The van der Waals surface area contributed by atoms with Gasteiger partial charge in [0.2, 0.25) is 0 Å². The molecule has 0 atom stereocenters. The summed E-state index contributed by atoms with van der Waals surface area (Å²) in [5, 5.41) is -0.0327. The van der Waals surface area contributed by atoms with Crippen LogP contribution < -0.4 is 0 Å². The average molecular weight is 650 g/mol. The Kier molecular flexibility index (Phi) is 20.3. The molecular formula is C33H53Cl3NO3S+. The van der Waals surface area contributed by atoms with Crippen molar-refractivity contribution in [1.29, 1.82) is 0 Å². The van der Waals surface area contributed by atoms with Crippen molar-refractivity contribution >= 4 is 44.9 Å². The molecule has 0 spiro atoms. The van der Waals surface area contributed by atoms with E-state index in [0.29, 0.717) is 0 Å². The van der Waals surface area contributed by atoms with Crippen LogP contribution in [0.2, 0.25) is 15.1 Å². The minimum atomic E-state index is -4.35. The zero-order chi connectivity index (χ0) is 30.6. The van der Waals surface area contributed by atoms with Gasteiger partial charge in [-0.3, -0.25) is 4.55 Å². The highest BCUT2D eigenvalue weighted by Gasteiger charge is 2.17. The van der Waals surface area contributed by atoms with Crippen LogP contribution in [0.15, 0.2) is 47.4 Å². The monoisotopic (exact) mass is 648 g/mol. The van der Waals surface area contributed by atoms with Crippen molar-refractivity contribution in [2.24, 2.45) is 0 Å². The Hall–Kier alpha value is -0.820. The van der Waals surface area contributed by atoms with Gasteiger partial charge < -0.3 is 4.48 Å². The molecule has 0 aromatic heterocycles. The van der Waals surface area contributed by atoms with E-state index in [-0.39, 0.29) is 15.1 Å². The van der Waals surface area contributed by atoms with Crippen molar-refractivity contribution in [2.75, 3.05) is 20.6 Å². The van der Waals surface area contributed by atoms with Crippen LogP contribution in [0.1, 0.15) is 115 Å². The van der Waals surface area contributed by atoms with E-state index in [2.05, 4.69) is 51.4 Å². The number of nitrogens with zero attached hydrogens (tertiary/aromatic N) is 1. The van der Waals surface area contributed by atoms with Crippen LogP contribution in [0.25, 0.3) is 0 Å². The Morgan fingerprint density at radius 2 is 1.05 bits per heavy atom. The van der Waals surface area contributed by atoms with Crippen molar-refractivity contribution in [3.63, 3.8) is 0 Å². The van der Waals surface area contributed by atoms with Crippen molar-refractivity contribution in [3.05, 3.63) is 63.1 Å². The summed E-state index contributed by atoms with van der Waals surface area (Å²) < 4.78 is 31.2. The number of benzene rings is 2. The van der Waals surface area contributed by atoms with Gasteiger partial charge in [-0.15, -0.1) is 0 Å². The van der Waals surface area contributed by atoms with Crippen molar-refractivity contribution in [2.45, 2.75) is 121 Å². The third-order valence-corrected chi connectivity index (χ3v) is 9.36. The molecule has 0 amide bonds. The molecule has 234 valence electrons. The number of halogens is 3. The highest BCUT2D eigenvalue weighted by Crippen LogP contribution is 2.31. The second-order valence-electron chi connectivity index (χ2n) is 11.8. The SMILES string of the molecule is CCCCCCCCCCCCCCCCCC[N+](C)(C)Cc1ccccc1.O=S(=O)(O)c1cc(Cl)c(Cl)cc1Cl. The van der Waals surface area contributed by atoms with E-state index in [9.17, 15) is 8.42 Å². The first-order valence-electron chi connectivity index (χ1n) is 15.4. The zero-order valence-electron chi connectivity index (χ0n) is 25.5. The van der Waals surface area contributed by atoms with Crippen LogP contribution in [0, 0.1) is 0 Å². The first-order chi connectivity index (χ1) is 19.5. The van der Waals surface area contributed by atoms with Crippen LogP contribution >= 0.6 is 34.8 Å². The van der Waals surface area contributed by atoms with E-state index < -0.39 is 15.0 Å². The zero-order valence-corrected chi connectivity index (χ0v) is 28.6. The summed E-state index contributed by atoms with van der Waals surface area (Å²) in [6.07, 6.45) is 23.2. The lowest BCUT2D eigenvalue weighted by Crippen LogP contribution is -2.39. The van der Waals surface area contributed by atoms with Crippen LogP contribution in [0.3, 0.4) is 0 Å². The molecule has 2 aromatic rings. The molecule has 0 aliphatic carbocycles. The Balaban J connectivity index is 0.000000537. The second kappa shape index (κ2) is 21.8. The van der Waals surface area contributed by atoms with Gasteiger partial charge >= 0.3 is 0 Å². The minimum Gasteiger partial charge on any atom is -0.325 e. The van der Waals surface area contributed by atoms with E-state index in [4.69, 9.17) is 39.4 Å². The van der Waals surface area contributed by atoms with E-state index >= 15 is 0 Å². The summed E-state index contributed by atoms with van der Waals surface area (Å²) in [6.45, 7) is 4.75. The van der Waals surface area contributed by atoms with Gasteiger partial charge in [0.1, 0.15) is 11.4 Å². The number of quaternary nitrogens is 1. The van der Waals surface area contributed by atoms with Crippen LogP contribution in [-0.4, -0.2) is 38.1 Å². The maximum absolute atomic E-state index is 10.7. The fourth-order valence-corrected chi connectivity index (χ4v) is 6.42. The maximum atomic E-state index is 10.7. The summed E-state index contributed by atoms with van der Waals surface area (Å²) in [5.41, 5.74) is 1.46. The molecule has 4 nitrogen and oxygen atoms in total. The number of unbranched alkanes of at least 4 members (excludes halogenated alkanes) is 15. The molecular weight excluding hydrogens is 597 g/mol. The lowest BCUT2D eigenvalue weighted by Gasteiger charge is -2.30. The Morgan fingerprint density at radius 3 is 1.49 bits per heavy atom. The molecule has 2 rings (SSSR count). The first kappa shape index (κ1) is 38.2. The molecule has 8 heteroatoms. The van der Waals surface area contributed by atoms with E-state index in [0.717, 1.165) is 23.2 Å². The lowest BCUT2D eigenvalue weighted by molar-refractivity contribution is -0.903. The highest BCUT2D eigenvalue weighted by molar-refractivity contribution is 7.86. The molecule has 0 aliphatic heterocycles. The third-order valence-electron chi connectivity index (χ3n) is 7.32. The third kappa shape index (κ3) is 19.2. The van der Waals surface area contributed by atoms with Gasteiger partial charge in [-0.25, -0.2) is 0 Å². The molecule has 2 aromatic carbocycles. The Morgan fingerprint density at radius 1 is 0.634 bits per heavy atom. The predicted octanol–water partition coefficient (Wildman–Crippen LogP) is 11.4. The molecule has 1 N–H and O–H groups in total. The van der Waals surface area contributed by atoms with Gasteiger partial charge in [0.15, 0.2) is 0 Å². The number of rotatable bonds is 20. The topological polar surface area (TPSA) is 54.4 Å². The summed E-state index contributed by atoms with van der Waals surface area (Å²) in [7, 11) is 0.399. The normalized spacial score (nSPS) is 11.8. The van der Waals surface area contributed by atoms with Gasteiger partial charge in [-0.2, -0.15) is 8.42 Å². The second-order valence-corrected chi connectivity index (χ2v) is 14.4. The predicted molar refractivity (Wildman–Crippen MR) is 178 cm³/mol. The molecule has 0 unspecified atom stereocenters. The summed E-state index contributed by atoms with van der Waals surface area (Å²) >= 11 is 16.6. The summed E-state index contributed by atoms with van der Waals surface area (Å²) in [4.78, 5) is -0.455. The quantitative estimate of drug-likeness (QED) is 0.0672. The molecule has 41 heavy (non-hydrogen) atoms. The standard InChI is InChI=1S/C27H50N.C6H3Cl3O3S/c1-4-5-6-7-8-9-10-11-12-13-14-15-16-17-18-22-25-28(2,3)26-27-23-20-19-21-24-27;7-3-1-5(9)6(2-4(3)8)13(10,11)12/h19-21,23-24H,4-18,22,25-26H2,1-3H3;1-2H,(H,10,11,12)/q+1;. The van der Waals surface area contributed by atoms with Crippen molar-refractivity contribution < 1.29 is 17.5 Å². The minimum absolute atomic E-state index is 0.0127. The maximum Gasteiger partial charge on any atom is 0.296 e. The van der Waals surface area contributed by atoms with Gasteiger partial charge in [0.05, 0.1) is 35.7 Å². The summed E-state index contributed by atoms with van der Waals surface area (Å²) in [6, 6.07) is 13.1. The van der Waals surface area contributed by atoms with Crippen LogP contribution in [-0.2, 0) is 16.7 Å².